The second-order valence-electron chi connectivity index (χ2n) is 5.19. The van der Waals surface area contributed by atoms with Crippen LogP contribution in [0.5, 0.6) is 0 Å². The number of piperazine rings is 1. The molecule has 5 nitrogen and oxygen atoms in total. The Bertz CT molecular complexity index is 637. The van der Waals surface area contributed by atoms with Gasteiger partial charge in [-0.05, 0) is 40.2 Å². The van der Waals surface area contributed by atoms with Gasteiger partial charge in [0.2, 0.25) is 0 Å². The third-order valence-corrected chi connectivity index (χ3v) is 4.25. The van der Waals surface area contributed by atoms with Crippen molar-refractivity contribution in [2.24, 2.45) is 0 Å². The molecule has 0 spiro atoms. The summed E-state index contributed by atoms with van der Waals surface area (Å²) in [6, 6.07) is 6.51. The number of anilines is 1. The second-order valence-corrected chi connectivity index (χ2v) is 6.10. The molecule has 1 atom stereocenters. The van der Waals surface area contributed by atoms with E-state index in [0.29, 0.717) is 0 Å². The molecule has 1 saturated heterocycles. The molecule has 0 bridgehead atoms. The fraction of sp³-hybridized carbons (Fsp3) is 0.333. The molecule has 7 heteroatoms. The number of halogens is 2. The standard InChI is InChI=1S/C15H16BrFN4O/c16-12-9-18-21(10-12)15(11-22)20-7-5-19(6-8-20)14-3-1-13(17)2-4-14/h1-4,9-11,15H,5-8H2. The first-order valence-corrected chi connectivity index (χ1v) is 7.86. The van der Waals surface area contributed by atoms with Gasteiger partial charge in [0, 0.05) is 38.1 Å². The van der Waals surface area contributed by atoms with Crippen LogP contribution in [0.1, 0.15) is 6.17 Å². The van der Waals surface area contributed by atoms with Crippen molar-refractivity contribution in [1.29, 1.82) is 0 Å². The third kappa shape index (κ3) is 3.20. The molecule has 1 aromatic carbocycles. The molecule has 1 fully saturated rings. The number of nitrogens with zero attached hydrogens (tertiary/aromatic N) is 4. The molecule has 2 heterocycles. The normalized spacial score (nSPS) is 17.5. The van der Waals surface area contributed by atoms with Crippen molar-refractivity contribution in [1.82, 2.24) is 14.7 Å². The molecule has 0 aliphatic carbocycles. The number of rotatable bonds is 4. The maximum absolute atomic E-state index is 13.0. The van der Waals surface area contributed by atoms with E-state index in [-0.39, 0.29) is 12.0 Å². The van der Waals surface area contributed by atoms with E-state index in [9.17, 15) is 9.18 Å². The highest BCUT2D eigenvalue weighted by atomic mass is 79.9. The first-order valence-electron chi connectivity index (χ1n) is 7.07. The van der Waals surface area contributed by atoms with Crippen LogP contribution in [0.2, 0.25) is 0 Å². The molecule has 116 valence electrons. The molecule has 1 aliphatic heterocycles. The first-order chi connectivity index (χ1) is 10.7. The van der Waals surface area contributed by atoms with E-state index in [2.05, 4.69) is 30.8 Å². The molecule has 1 unspecified atom stereocenters. The zero-order valence-corrected chi connectivity index (χ0v) is 13.5. The Hall–Kier alpha value is -1.73. The van der Waals surface area contributed by atoms with Crippen molar-refractivity contribution in [3.63, 3.8) is 0 Å². The Morgan fingerprint density at radius 1 is 1.18 bits per heavy atom. The van der Waals surface area contributed by atoms with E-state index in [1.807, 2.05) is 0 Å². The van der Waals surface area contributed by atoms with Crippen molar-refractivity contribution in [2.45, 2.75) is 6.17 Å². The van der Waals surface area contributed by atoms with Gasteiger partial charge in [-0.1, -0.05) is 0 Å². The number of carbonyl (C=O) groups excluding carboxylic acids is 1. The highest BCUT2D eigenvalue weighted by Gasteiger charge is 2.25. The average Bonchev–Trinajstić information content (AvgIpc) is 2.96. The summed E-state index contributed by atoms with van der Waals surface area (Å²) in [5.74, 6) is -0.229. The molecule has 22 heavy (non-hydrogen) atoms. The van der Waals surface area contributed by atoms with Gasteiger partial charge in [0.1, 0.15) is 5.82 Å². The van der Waals surface area contributed by atoms with Crippen LogP contribution < -0.4 is 4.90 Å². The van der Waals surface area contributed by atoms with E-state index in [0.717, 1.165) is 42.6 Å². The highest BCUT2D eigenvalue weighted by Crippen LogP contribution is 2.20. The van der Waals surface area contributed by atoms with Gasteiger partial charge in [-0.25, -0.2) is 9.07 Å². The van der Waals surface area contributed by atoms with E-state index in [1.165, 1.54) is 12.1 Å². The molecule has 1 aliphatic rings. The summed E-state index contributed by atoms with van der Waals surface area (Å²) in [7, 11) is 0. The summed E-state index contributed by atoms with van der Waals surface area (Å²) in [5.41, 5.74) is 1.01. The van der Waals surface area contributed by atoms with Gasteiger partial charge < -0.3 is 4.90 Å². The summed E-state index contributed by atoms with van der Waals surface area (Å²) in [6.45, 7) is 3.08. The molecule has 0 amide bonds. The topological polar surface area (TPSA) is 41.4 Å². The molecule has 2 aromatic rings. The molecule has 0 saturated carbocycles. The number of hydrogen-bond donors (Lipinski definition) is 0. The zero-order valence-electron chi connectivity index (χ0n) is 11.9. The van der Waals surface area contributed by atoms with Crippen LogP contribution in [0.4, 0.5) is 10.1 Å². The Kier molecular flexibility index (Phi) is 4.54. The Balaban J connectivity index is 1.65. The lowest BCUT2D eigenvalue weighted by Crippen LogP contribution is -2.49. The summed E-state index contributed by atoms with van der Waals surface area (Å²) in [5, 5.41) is 4.19. The van der Waals surface area contributed by atoms with Crippen LogP contribution >= 0.6 is 15.9 Å². The van der Waals surface area contributed by atoms with Crippen LogP contribution in [0.15, 0.2) is 41.1 Å². The summed E-state index contributed by atoms with van der Waals surface area (Å²) in [4.78, 5) is 15.7. The molecule has 0 N–H and O–H groups in total. The van der Waals surface area contributed by atoms with Gasteiger partial charge >= 0.3 is 0 Å². The molecular formula is C15H16BrFN4O. The largest absolute Gasteiger partial charge is 0.369 e. The predicted octanol–water partition coefficient (Wildman–Crippen LogP) is 2.30. The van der Waals surface area contributed by atoms with E-state index in [1.54, 1.807) is 29.2 Å². The van der Waals surface area contributed by atoms with Crippen molar-refractivity contribution in [2.75, 3.05) is 31.1 Å². The summed E-state index contributed by atoms with van der Waals surface area (Å²) >= 11 is 3.34. The highest BCUT2D eigenvalue weighted by molar-refractivity contribution is 9.10. The fourth-order valence-electron chi connectivity index (χ4n) is 2.67. The van der Waals surface area contributed by atoms with Crippen molar-refractivity contribution >= 4 is 27.9 Å². The van der Waals surface area contributed by atoms with Gasteiger partial charge in [-0.2, -0.15) is 5.10 Å². The van der Waals surface area contributed by atoms with Crippen molar-refractivity contribution < 1.29 is 9.18 Å². The van der Waals surface area contributed by atoms with Crippen LogP contribution in [0.25, 0.3) is 0 Å². The van der Waals surface area contributed by atoms with Crippen LogP contribution in [-0.4, -0.2) is 47.1 Å². The number of hydrogen-bond acceptors (Lipinski definition) is 4. The first kappa shape index (κ1) is 15.2. The van der Waals surface area contributed by atoms with E-state index < -0.39 is 0 Å². The van der Waals surface area contributed by atoms with Crippen LogP contribution in [-0.2, 0) is 4.79 Å². The lowest BCUT2D eigenvalue weighted by Gasteiger charge is -2.38. The lowest BCUT2D eigenvalue weighted by atomic mass is 10.2. The Morgan fingerprint density at radius 2 is 1.86 bits per heavy atom. The SMILES string of the molecule is O=CC(N1CCN(c2ccc(F)cc2)CC1)n1cc(Br)cn1. The van der Waals surface area contributed by atoms with Gasteiger partial charge in [-0.15, -0.1) is 0 Å². The fourth-order valence-corrected chi connectivity index (χ4v) is 2.97. The lowest BCUT2D eigenvalue weighted by molar-refractivity contribution is -0.115. The maximum atomic E-state index is 13.0. The number of carbonyl (C=O) groups is 1. The molecule has 0 radical (unpaired) electrons. The number of aromatic nitrogens is 2. The van der Waals surface area contributed by atoms with E-state index >= 15 is 0 Å². The summed E-state index contributed by atoms with van der Waals surface area (Å²) < 4.78 is 15.5. The van der Waals surface area contributed by atoms with Crippen LogP contribution in [0, 0.1) is 5.82 Å². The predicted molar refractivity (Wildman–Crippen MR) is 85.2 cm³/mol. The summed E-state index contributed by atoms with van der Waals surface area (Å²) in [6.07, 6.45) is 3.99. The van der Waals surface area contributed by atoms with Crippen LogP contribution in [0.3, 0.4) is 0 Å². The van der Waals surface area contributed by atoms with Gasteiger partial charge in [-0.3, -0.25) is 9.69 Å². The maximum Gasteiger partial charge on any atom is 0.160 e. The average molecular weight is 367 g/mol. The van der Waals surface area contributed by atoms with Gasteiger partial charge in [0.25, 0.3) is 0 Å². The second kappa shape index (κ2) is 6.58. The third-order valence-electron chi connectivity index (χ3n) is 3.84. The number of aldehydes is 1. The smallest absolute Gasteiger partial charge is 0.160 e. The van der Waals surface area contributed by atoms with E-state index in [4.69, 9.17) is 0 Å². The minimum Gasteiger partial charge on any atom is -0.369 e. The molecular weight excluding hydrogens is 351 g/mol. The molecule has 3 rings (SSSR count). The Labute approximate surface area is 136 Å². The van der Waals surface area contributed by atoms with Crippen molar-refractivity contribution in [3.05, 3.63) is 46.9 Å². The quantitative estimate of drug-likeness (QED) is 0.778. The zero-order chi connectivity index (χ0) is 15.5. The van der Waals surface area contributed by atoms with Gasteiger partial charge in [0.05, 0.1) is 10.7 Å². The minimum absolute atomic E-state index is 0.229. The number of benzene rings is 1. The Morgan fingerprint density at radius 3 is 2.41 bits per heavy atom. The molecule has 1 aromatic heterocycles. The van der Waals surface area contributed by atoms with Crippen molar-refractivity contribution in [3.8, 4) is 0 Å². The monoisotopic (exact) mass is 366 g/mol. The minimum atomic E-state index is -0.387. The van der Waals surface area contributed by atoms with Gasteiger partial charge in [0.15, 0.2) is 12.5 Å².